The highest BCUT2D eigenvalue weighted by atomic mass is 79.9. The lowest BCUT2D eigenvalue weighted by atomic mass is 10.1. The first-order valence-electron chi connectivity index (χ1n) is 6.41. The molecule has 1 amide bonds. The molecule has 2 rings (SSSR count). The van der Waals surface area contributed by atoms with E-state index in [0.29, 0.717) is 13.0 Å². The Hall–Kier alpha value is -0.910. The maximum atomic E-state index is 12.0. The van der Waals surface area contributed by atoms with Crippen molar-refractivity contribution in [1.29, 1.82) is 0 Å². The minimum absolute atomic E-state index is 0.00180. The molecule has 1 N–H and O–H groups in total. The van der Waals surface area contributed by atoms with Gasteiger partial charge in [-0.1, -0.05) is 6.07 Å². The van der Waals surface area contributed by atoms with Crippen LogP contribution < -0.4 is 4.90 Å². The zero-order chi connectivity index (χ0) is 13.8. The number of hydrogen-bond acceptors (Lipinski definition) is 3. The van der Waals surface area contributed by atoms with E-state index in [2.05, 4.69) is 15.9 Å². The Morgan fingerprint density at radius 3 is 3.00 bits per heavy atom. The second-order valence-electron chi connectivity index (χ2n) is 4.76. The molecule has 1 heterocycles. The topological polar surface area (TPSA) is 49.8 Å². The summed E-state index contributed by atoms with van der Waals surface area (Å²) in [5.74, 6) is -0.0233. The number of aliphatic hydroxyl groups is 1. The molecule has 0 radical (unpaired) electrons. The molecule has 4 nitrogen and oxygen atoms in total. The van der Waals surface area contributed by atoms with Crippen LogP contribution in [-0.2, 0) is 9.53 Å². The van der Waals surface area contributed by atoms with E-state index in [9.17, 15) is 4.79 Å². The van der Waals surface area contributed by atoms with E-state index in [1.54, 1.807) is 4.90 Å². The molecule has 1 unspecified atom stereocenters. The fraction of sp³-hybridized carbons (Fsp3) is 0.500. The Labute approximate surface area is 121 Å². The molecule has 19 heavy (non-hydrogen) atoms. The van der Waals surface area contributed by atoms with E-state index in [1.165, 1.54) is 0 Å². The van der Waals surface area contributed by atoms with Crippen molar-refractivity contribution in [3.05, 3.63) is 28.2 Å². The summed E-state index contributed by atoms with van der Waals surface area (Å²) in [5, 5.41) is 8.86. The number of carbonyl (C=O) groups excluding carboxylic acids is 1. The molecule has 0 bridgehead atoms. The molecule has 0 aliphatic carbocycles. The van der Waals surface area contributed by atoms with Gasteiger partial charge >= 0.3 is 0 Å². The van der Waals surface area contributed by atoms with Crippen LogP contribution in [-0.4, -0.2) is 36.9 Å². The van der Waals surface area contributed by atoms with Crippen LogP contribution in [0.5, 0.6) is 0 Å². The molecule has 0 saturated carbocycles. The summed E-state index contributed by atoms with van der Waals surface area (Å²) in [5.41, 5.74) is 2.03. The Balaban J connectivity index is 2.14. The normalized spacial score (nSPS) is 19.8. The van der Waals surface area contributed by atoms with Crippen molar-refractivity contribution in [2.45, 2.75) is 25.9 Å². The van der Waals surface area contributed by atoms with Gasteiger partial charge in [0.1, 0.15) is 6.61 Å². The van der Waals surface area contributed by atoms with Crippen LogP contribution in [0.15, 0.2) is 22.7 Å². The number of benzene rings is 1. The van der Waals surface area contributed by atoms with Crippen LogP contribution in [0.25, 0.3) is 0 Å². The highest BCUT2D eigenvalue weighted by molar-refractivity contribution is 9.10. The van der Waals surface area contributed by atoms with E-state index in [-0.39, 0.29) is 25.2 Å². The van der Waals surface area contributed by atoms with E-state index in [4.69, 9.17) is 9.84 Å². The standard InChI is InChI=1S/C14H18BrNO3/c1-10-4-5-13(12(15)7-10)16-8-11(3-2-6-17)19-9-14(16)18/h4-5,7,11,17H,2-3,6,8-9H2,1H3. The predicted octanol–water partition coefficient (Wildman–Crippen LogP) is 2.26. The van der Waals surface area contributed by atoms with Crippen molar-refractivity contribution in [3.8, 4) is 0 Å². The van der Waals surface area contributed by atoms with E-state index in [0.717, 1.165) is 22.1 Å². The second-order valence-corrected chi connectivity index (χ2v) is 5.61. The van der Waals surface area contributed by atoms with Crippen molar-refractivity contribution < 1.29 is 14.6 Å². The van der Waals surface area contributed by atoms with Gasteiger partial charge in [-0.05, 0) is 53.4 Å². The third-order valence-corrected chi connectivity index (χ3v) is 3.84. The molecule has 1 aliphatic heterocycles. The number of aliphatic hydroxyl groups excluding tert-OH is 1. The quantitative estimate of drug-likeness (QED) is 0.922. The number of ether oxygens (including phenoxy) is 1. The van der Waals surface area contributed by atoms with Gasteiger partial charge < -0.3 is 14.7 Å². The van der Waals surface area contributed by atoms with Gasteiger partial charge in [-0.3, -0.25) is 4.79 Å². The molecule has 1 aromatic rings. The molecule has 1 aromatic carbocycles. The van der Waals surface area contributed by atoms with Crippen LogP contribution in [0.1, 0.15) is 18.4 Å². The Bertz CT molecular complexity index is 464. The van der Waals surface area contributed by atoms with Gasteiger partial charge in [0.15, 0.2) is 0 Å². The predicted molar refractivity (Wildman–Crippen MR) is 77.3 cm³/mol. The molecular formula is C14H18BrNO3. The van der Waals surface area contributed by atoms with Crippen molar-refractivity contribution >= 4 is 27.5 Å². The smallest absolute Gasteiger partial charge is 0.253 e. The van der Waals surface area contributed by atoms with Crippen LogP contribution in [0.2, 0.25) is 0 Å². The third kappa shape index (κ3) is 3.55. The minimum atomic E-state index is -0.0233. The lowest BCUT2D eigenvalue weighted by molar-refractivity contribution is -0.129. The summed E-state index contributed by atoms with van der Waals surface area (Å²) in [6.45, 7) is 2.82. The lowest BCUT2D eigenvalue weighted by Crippen LogP contribution is -2.47. The van der Waals surface area contributed by atoms with E-state index >= 15 is 0 Å². The van der Waals surface area contributed by atoms with Gasteiger partial charge in [-0.25, -0.2) is 0 Å². The van der Waals surface area contributed by atoms with Crippen molar-refractivity contribution in [2.75, 3.05) is 24.7 Å². The first kappa shape index (κ1) is 14.5. The number of amides is 1. The van der Waals surface area contributed by atoms with E-state index < -0.39 is 0 Å². The van der Waals surface area contributed by atoms with Gasteiger partial charge in [0.2, 0.25) is 0 Å². The molecule has 1 aliphatic rings. The molecular weight excluding hydrogens is 310 g/mol. The maximum absolute atomic E-state index is 12.0. The van der Waals surface area contributed by atoms with Crippen molar-refractivity contribution in [2.24, 2.45) is 0 Å². The van der Waals surface area contributed by atoms with Crippen LogP contribution in [0, 0.1) is 6.92 Å². The molecule has 5 heteroatoms. The number of morpholine rings is 1. The van der Waals surface area contributed by atoms with Crippen molar-refractivity contribution in [3.63, 3.8) is 0 Å². The maximum Gasteiger partial charge on any atom is 0.253 e. The van der Waals surface area contributed by atoms with Gasteiger partial charge in [0, 0.05) is 11.1 Å². The first-order chi connectivity index (χ1) is 9.11. The fourth-order valence-corrected chi connectivity index (χ4v) is 2.89. The minimum Gasteiger partial charge on any atom is -0.396 e. The molecule has 0 aromatic heterocycles. The Morgan fingerprint density at radius 1 is 1.53 bits per heavy atom. The number of halogens is 1. The third-order valence-electron chi connectivity index (χ3n) is 3.21. The SMILES string of the molecule is Cc1ccc(N2CC(CCCO)OCC2=O)c(Br)c1. The van der Waals surface area contributed by atoms with Gasteiger partial charge in [0.05, 0.1) is 18.3 Å². The highest BCUT2D eigenvalue weighted by Gasteiger charge is 2.28. The van der Waals surface area contributed by atoms with Crippen LogP contribution in [0.4, 0.5) is 5.69 Å². The number of nitrogens with zero attached hydrogens (tertiary/aromatic N) is 1. The Kier molecular flexibility index (Phi) is 4.96. The first-order valence-corrected chi connectivity index (χ1v) is 7.20. The zero-order valence-corrected chi connectivity index (χ0v) is 12.5. The Morgan fingerprint density at radius 2 is 2.32 bits per heavy atom. The summed E-state index contributed by atoms with van der Waals surface area (Å²) >= 11 is 3.51. The molecule has 1 saturated heterocycles. The van der Waals surface area contributed by atoms with Crippen molar-refractivity contribution in [1.82, 2.24) is 0 Å². The van der Waals surface area contributed by atoms with Gasteiger partial charge in [-0.2, -0.15) is 0 Å². The number of carbonyl (C=O) groups is 1. The van der Waals surface area contributed by atoms with E-state index in [1.807, 2.05) is 25.1 Å². The molecule has 104 valence electrons. The zero-order valence-electron chi connectivity index (χ0n) is 10.9. The highest BCUT2D eigenvalue weighted by Crippen LogP contribution is 2.29. The second kappa shape index (κ2) is 6.50. The molecule has 0 spiro atoms. The summed E-state index contributed by atoms with van der Waals surface area (Å²) < 4.78 is 6.41. The monoisotopic (exact) mass is 327 g/mol. The summed E-state index contributed by atoms with van der Waals surface area (Å²) in [7, 11) is 0. The fourth-order valence-electron chi connectivity index (χ4n) is 2.18. The number of hydrogen-bond donors (Lipinski definition) is 1. The van der Waals surface area contributed by atoms with Gasteiger partial charge in [-0.15, -0.1) is 0 Å². The van der Waals surface area contributed by atoms with Gasteiger partial charge in [0.25, 0.3) is 5.91 Å². The number of aryl methyl sites for hydroxylation is 1. The largest absolute Gasteiger partial charge is 0.396 e. The number of anilines is 1. The average molecular weight is 328 g/mol. The number of rotatable bonds is 4. The summed E-state index contributed by atoms with van der Waals surface area (Å²) in [6.07, 6.45) is 1.46. The van der Waals surface area contributed by atoms with Crippen LogP contribution in [0.3, 0.4) is 0 Å². The average Bonchev–Trinajstić information content (AvgIpc) is 2.38. The lowest BCUT2D eigenvalue weighted by Gasteiger charge is -2.33. The summed E-state index contributed by atoms with van der Waals surface area (Å²) in [4.78, 5) is 13.7. The molecule has 1 fully saturated rings. The molecule has 1 atom stereocenters. The summed E-state index contributed by atoms with van der Waals surface area (Å²) in [6, 6.07) is 5.94. The van der Waals surface area contributed by atoms with Crippen LogP contribution >= 0.6 is 15.9 Å².